The highest BCUT2D eigenvalue weighted by atomic mass is 16.1. The number of carbonyl (C=O) groups excluding carboxylic acids is 1. The lowest BCUT2D eigenvalue weighted by molar-refractivity contribution is 0.102. The molecule has 0 aliphatic carbocycles. The Morgan fingerprint density at radius 3 is 2.71 bits per heavy atom. The summed E-state index contributed by atoms with van der Waals surface area (Å²) in [6.45, 7) is 0.627. The van der Waals surface area contributed by atoms with Crippen molar-refractivity contribution in [1.82, 2.24) is 19.7 Å². The van der Waals surface area contributed by atoms with Gasteiger partial charge in [0.25, 0.3) is 5.91 Å². The van der Waals surface area contributed by atoms with E-state index in [1.54, 1.807) is 47.5 Å². The molecule has 21 heavy (non-hydrogen) atoms. The zero-order valence-electron chi connectivity index (χ0n) is 11.2. The van der Waals surface area contributed by atoms with Gasteiger partial charge in [0.1, 0.15) is 5.69 Å². The summed E-state index contributed by atoms with van der Waals surface area (Å²) in [5.74, 6) is 0.226. The number of nitrogens with zero attached hydrogens (tertiary/aromatic N) is 4. The highest BCUT2D eigenvalue weighted by molar-refractivity contribution is 6.02. The second-order valence-electron chi connectivity index (χ2n) is 4.42. The van der Waals surface area contributed by atoms with E-state index in [9.17, 15) is 4.79 Å². The van der Waals surface area contributed by atoms with E-state index >= 15 is 0 Å². The van der Waals surface area contributed by atoms with Crippen LogP contribution in [0, 0.1) is 0 Å². The van der Waals surface area contributed by atoms with E-state index in [4.69, 9.17) is 0 Å². The SMILES string of the molecule is O=C(Nc1ccn(Cc2ccncc2)n1)c1ccccn1. The third-order valence-corrected chi connectivity index (χ3v) is 2.87. The third kappa shape index (κ3) is 3.30. The maximum atomic E-state index is 12.0. The summed E-state index contributed by atoms with van der Waals surface area (Å²) in [6, 6.07) is 10.8. The largest absolute Gasteiger partial charge is 0.304 e. The first kappa shape index (κ1) is 13.0. The molecule has 0 radical (unpaired) electrons. The molecule has 6 nitrogen and oxygen atoms in total. The van der Waals surface area contributed by atoms with E-state index in [0.29, 0.717) is 18.1 Å². The first-order valence-corrected chi connectivity index (χ1v) is 6.46. The van der Waals surface area contributed by atoms with Gasteiger partial charge in [0.15, 0.2) is 5.82 Å². The van der Waals surface area contributed by atoms with Gasteiger partial charge in [-0.05, 0) is 29.8 Å². The van der Waals surface area contributed by atoms with E-state index in [1.807, 2.05) is 18.3 Å². The van der Waals surface area contributed by atoms with E-state index in [1.165, 1.54) is 0 Å². The summed E-state index contributed by atoms with van der Waals surface area (Å²) < 4.78 is 1.75. The van der Waals surface area contributed by atoms with Crippen LogP contribution in [0.15, 0.2) is 61.2 Å². The van der Waals surface area contributed by atoms with Crippen molar-refractivity contribution in [2.45, 2.75) is 6.54 Å². The average Bonchev–Trinajstić information content (AvgIpc) is 2.96. The topological polar surface area (TPSA) is 72.7 Å². The van der Waals surface area contributed by atoms with Crippen LogP contribution < -0.4 is 5.32 Å². The zero-order chi connectivity index (χ0) is 14.5. The fourth-order valence-corrected chi connectivity index (χ4v) is 1.87. The highest BCUT2D eigenvalue weighted by Crippen LogP contribution is 2.07. The Morgan fingerprint density at radius 1 is 1.10 bits per heavy atom. The molecule has 1 N–H and O–H groups in total. The minimum atomic E-state index is -0.273. The molecule has 0 aliphatic rings. The van der Waals surface area contributed by atoms with Crippen molar-refractivity contribution in [3.63, 3.8) is 0 Å². The fraction of sp³-hybridized carbons (Fsp3) is 0.0667. The number of pyridine rings is 2. The normalized spacial score (nSPS) is 10.3. The summed E-state index contributed by atoms with van der Waals surface area (Å²) in [6.07, 6.45) is 6.87. The number of nitrogens with one attached hydrogen (secondary N) is 1. The van der Waals surface area contributed by atoms with E-state index in [0.717, 1.165) is 5.56 Å². The first-order chi connectivity index (χ1) is 10.3. The molecule has 1 amide bonds. The van der Waals surface area contributed by atoms with Crippen LogP contribution in [-0.2, 0) is 6.54 Å². The summed E-state index contributed by atoms with van der Waals surface area (Å²) in [5.41, 5.74) is 1.46. The molecule has 3 aromatic heterocycles. The van der Waals surface area contributed by atoms with Crippen molar-refractivity contribution >= 4 is 11.7 Å². The van der Waals surface area contributed by atoms with E-state index < -0.39 is 0 Å². The number of rotatable bonds is 4. The Bertz CT molecular complexity index is 724. The van der Waals surface area contributed by atoms with E-state index in [-0.39, 0.29) is 5.91 Å². The van der Waals surface area contributed by atoms with Crippen LogP contribution >= 0.6 is 0 Å². The van der Waals surface area contributed by atoms with Crippen molar-refractivity contribution in [2.75, 3.05) is 5.32 Å². The number of amides is 1. The van der Waals surface area contributed by atoms with Gasteiger partial charge in [0.05, 0.1) is 6.54 Å². The lowest BCUT2D eigenvalue weighted by Gasteiger charge is -2.02. The molecule has 3 heterocycles. The molecule has 0 atom stereocenters. The smallest absolute Gasteiger partial charge is 0.275 e. The van der Waals surface area contributed by atoms with Crippen LogP contribution in [0.1, 0.15) is 16.1 Å². The summed E-state index contributed by atoms with van der Waals surface area (Å²) in [5, 5.41) is 7.03. The predicted octanol–water partition coefficient (Wildman–Crippen LogP) is 1.97. The van der Waals surface area contributed by atoms with Gasteiger partial charge >= 0.3 is 0 Å². The second kappa shape index (κ2) is 5.96. The van der Waals surface area contributed by atoms with Gasteiger partial charge in [-0.2, -0.15) is 5.10 Å². The molecule has 3 rings (SSSR count). The Morgan fingerprint density at radius 2 is 1.95 bits per heavy atom. The lowest BCUT2D eigenvalue weighted by Crippen LogP contribution is -2.14. The minimum absolute atomic E-state index is 0.273. The number of carbonyl (C=O) groups is 1. The van der Waals surface area contributed by atoms with Gasteiger partial charge in [0.2, 0.25) is 0 Å². The molecular weight excluding hydrogens is 266 g/mol. The van der Waals surface area contributed by atoms with Crippen LogP contribution in [0.25, 0.3) is 0 Å². The third-order valence-electron chi connectivity index (χ3n) is 2.87. The van der Waals surface area contributed by atoms with Gasteiger partial charge in [-0.15, -0.1) is 0 Å². The van der Waals surface area contributed by atoms with Gasteiger partial charge in [0, 0.05) is 30.9 Å². The maximum Gasteiger partial charge on any atom is 0.275 e. The van der Waals surface area contributed by atoms with Gasteiger partial charge in [-0.25, -0.2) is 0 Å². The Hall–Kier alpha value is -3.02. The summed E-state index contributed by atoms with van der Waals surface area (Å²) in [4.78, 5) is 19.9. The quantitative estimate of drug-likeness (QED) is 0.792. The summed E-state index contributed by atoms with van der Waals surface area (Å²) in [7, 11) is 0. The number of hydrogen-bond donors (Lipinski definition) is 1. The Balaban J connectivity index is 1.67. The van der Waals surface area contributed by atoms with Crippen LogP contribution in [0.3, 0.4) is 0 Å². The molecule has 0 saturated heterocycles. The first-order valence-electron chi connectivity index (χ1n) is 6.46. The molecular formula is C15H13N5O. The van der Waals surface area contributed by atoms with Crippen molar-refractivity contribution in [2.24, 2.45) is 0 Å². The molecule has 0 aliphatic heterocycles. The molecule has 0 unspecified atom stereocenters. The average molecular weight is 279 g/mol. The van der Waals surface area contributed by atoms with Gasteiger partial charge in [-0.3, -0.25) is 19.4 Å². The van der Waals surface area contributed by atoms with Crippen molar-refractivity contribution in [3.05, 3.63) is 72.4 Å². The number of hydrogen-bond acceptors (Lipinski definition) is 4. The van der Waals surface area contributed by atoms with E-state index in [2.05, 4.69) is 20.4 Å². The molecule has 0 saturated carbocycles. The van der Waals surface area contributed by atoms with Gasteiger partial charge < -0.3 is 5.32 Å². The van der Waals surface area contributed by atoms with Crippen LogP contribution in [0.5, 0.6) is 0 Å². The van der Waals surface area contributed by atoms with Crippen LogP contribution in [0.4, 0.5) is 5.82 Å². The fourth-order valence-electron chi connectivity index (χ4n) is 1.87. The Kier molecular flexibility index (Phi) is 3.68. The highest BCUT2D eigenvalue weighted by Gasteiger charge is 2.08. The molecule has 0 aromatic carbocycles. The summed E-state index contributed by atoms with van der Waals surface area (Å²) >= 11 is 0. The molecule has 3 aromatic rings. The predicted molar refractivity (Wildman–Crippen MR) is 77.8 cm³/mol. The van der Waals surface area contributed by atoms with Crippen molar-refractivity contribution in [3.8, 4) is 0 Å². The molecule has 6 heteroatoms. The maximum absolute atomic E-state index is 12.0. The zero-order valence-corrected chi connectivity index (χ0v) is 11.2. The number of aromatic nitrogens is 4. The number of anilines is 1. The molecule has 0 bridgehead atoms. The Labute approximate surface area is 121 Å². The second-order valence-corrected chi connectivity index (χ2v) is 4.42. The molecule has 0 fully saturated rings. The monoisotopic (exact) mass is 279 g/mol. The van der Waals surface area contributed by atoms with Crippen LogP contribution in [0.2, 0.25) is 0 Å². The standard InChI is InChI=1S/C15H13N5O/c21-15(13-3-1-2-7-17-13)18-14-6-10-20(19-14)11-12-4-8-16-9-5-12/h1-10H,11H2,(H,18,19,21). The van der Waals surface area contributed by atoms with Crippen LogP contribution in [-0.4, -0.2) is 25.7 Å². The van der Waals surface area contributed by atoms with Crippen molar-refractivity contribution in [1.29, 1.82) is 0 Å². The van der Waals surface area contributed by atoms with Gasteiger partial charge in [-0.1, -0.05) is 6.07 Å². The molecule has 0 spiro atoms. The molecule has 104 valence electrons. The van der Waals surface area contributed by atoms with Crippen molar-refractivity contribution < 1.29 is 4.79 Å². The lowest BCUT2D eigenvalue weighted by atomic mass is 10.3. The minimum Gasteiger partial charge on any atom is -0.304 e.